The fourth-order valence-electron chi connectivity index (χ4n) is 5.44. The highest BCUT2D eigenvalue weighted by Crippen LogP contribution is 2.41. The molecular formula is C22H34N2O2S. The Morgan fingerprint density at radius 2 is 1.96 bits per heavy atom. The van der Waals surface area contributed by atoms with Crippen LogP contribution in [0.15, 0.2) is 17.5 Å². The number of nitrogens with one attached hydrogen (secondary N) is 1. The van der Waals surface area contributed by atoms with E-state index >= 15 is 0 Å². The molecule has 3 aliphatic rings. The van der Waals surface area contributed by atoms with Crippen LogP contribution in [0.4, 0.5) is 0 Å². The van der Waals surface area contributed by atoms with Crippen LogP contribution in [0.2, 0.25) is 0 Å². The van der Waals surface area contributed by atoms with Crippen LogP contribution in [0, 0.1) is 11.8 Å². The third-order valence-corrected chi connectivity index (χ3v) is 8.05. The first kappa shape index (κ1) is 19.4. The Balaban J connectivity index is 1.57. The molecule has 1 aliphatic heterocycles. The highest BCUT2D eigenvalue weighted by atomic mass is 32.1. The predicted octanol–water partition coefficient (Wildman–Crippen LogP) is 4.11. The van der Waals surface area contributed by atoms with Crippen molar-refractivity contribution in [3.8, 4) is 0 Å². The molecule has 0 aromatic carbocycles. The van der Waals surface area contributed by atoms with Gasteiger partial charge in [0, 0.05) is 23.9 Å². The van der Waals surface area contributed by atoms with Crippen LogP contribution in [0.25, 0.3) is 0 Å². The molecule has 3 atom stereocenters. The second-order valence-electron chi connectivity index (χ2n) is 9.18. The second kappa shape index (κ2) is 8.22. The summed E-state index contributed by atoms with van der Waals surface area (Å²) in [5.41, 5.74) is -0.866. The van der Waals surface area contributed by atoms with Crippen LogP contribution in [0.1, 0.15) is 75.6 Å². The van der Waals surface area contributed by atoms with Gasteiger partial charge in [0.15, 0.2) is 0 Å². The van der Waals surface area contributed by atoms with E-state index in [-0.39, 0.29) is 23.9 Å². The van der Waals surface area contributed by atoms with E-state index < -0.39 is 5.60 Å². The number of nitrogens with zero attached hydrogens (tertiary/aromatic N) is 1. The van der Waals surface area contributed by atoms with Crippen molar-refractivity contribution in [1.82, 2.24) is 10.2 Å². The molecule has 0 unspecified atom stereocenters. The van der Waals surface area contributed by atoms with Crippen molar-refractivity contribution in [2.75, 3.05) is 13.1 Å². The van der Waals surface area contributed by atoms with Crippen LogP contribution in [0.3, 0.4) is 0 Å². The maximum absolute atomic E-state index is 12.9. The number of carbonyl (C=O) groups is 1. The summed E-state index contributed by atoms with van der Waals surface area (Å²) in [7, 11) is 0. The number of hydrogen-bond acceptors (Lipinski definition) is 4. The summed E-state index contributed by atoms with van der Waals surface area (Å²) in [5.74, 6) is 1.05. The van der Waals surface area contributed by atoms with Crippen molar-refractivity contribution in [1.29, 1.82) is 0 Å². The minimum atomic E-state index is -0.866. The van der Waals surface area contributed by atoms with Gasteiger partial charge < -0.3 is 10.4 Å². The zero-order valence-corrected chi connectivity index (χ0v) is 17.3. The lowest BCUT2D eigenvalue weighted by molar-refractivity contribution is -0.132. The molecule has 1 amide bonds. The summed E-state index contributed by atoms with van der Waals surface area (Å²) in [5, 5.41) is 16.7. The Morgan fingerprint density at radius 1 is 1.26 bits per heavy atom. The van der Waals surface area contributed by atoms with Gasteiger partial charge in [-0.15, -0.1) is 11.3 Å². The van der Waals surface area contributed by atoms with Gasteiger partial charge in [-0.25, -0.2) is 0 Å². The molecule has 150 valence electrons. The molecule has 0 spiro atoms. The Morgan fingerprint density at radius 3 is 2.63 bits per heavy atom. The van der Waals surface area contributed by atoms with Gasteiger partial charge in [-0.3, -0.25) is 9.69 Å². The molecule has 2 aliphatic carbocycles. The van der Waals surface area contributed by atoms with Gasteiger partial charge in [-0.05, 0) is 56.4 Å². The lowest BCUT2D eigenvalue weighted by Crippen LogP contribution is -2.63. The van der Waals surface area contributed by atoms with Crippen LogP contribution < -0.4 is 5.32 Å². The summed E-state index contributed by atoms with van der Waals surface area (Å²) in [4.78, 5) is 16.8. The van der Waals surface area contributed by atoms with Gasteiger partial charge in [0.2, 0.25) is 5.91 Å². The highest BCUT2D eigenvalue weighted by molar-refractivity contribution is 7.10. The van der Waals surface area contributed by atoms with Gasteiger partial charge in [0.05, 0.1) is 17.7 Å². The van der Waals surface area contributed by atoms with E-state index in [4.69, 9.17) is 0 Å². The molecule has 1 aromatic heterocycles. The predicted molar refractivity (Wildman–Crippen MR) is 110 cm³/mol. The third kappa shape index (κ3) is 4.25. The van der Waals surface area contributed by atoms with E-state index in [1.54, 1.807) is 11.3 Å². The van der Waals surface area contributed by atoms with Gasteiger partial charge in [0.1, 0.15) is 0 Å². The minimum absolute atomic E-state index is 0.0831. The van der Waals surface area contributed by atoms with Gasteiger partial charge >= 0.3 is 0 Å². The van der Waals surface area contributed by atoms with Crippen LogP contribution >= 0.6 is 11.3 Å². The average molecular weight is 391 g/mol. The summed E-state index contributed by atoms with van der Waals surface area (Å²) in [6, 6.07) is 4.11. The Labute approximate surface area is 167 Å². The molecule has 1 saturated heterocycles. The number of carbonyl (C=O) groups excluding carboxylic acids is 1. The van der Waals surface area contributed by atoms with Crippen molar-refractivity contribution in [3.63, 3.8) is 0 Å². The van der Waals surface area contributed by atoms with E-state index in [9.17, 15) is 9.90 Å². The highest BCUT2D eigenvalue weighted by Gasteiger charge is 2.47. The Bertz CT molecular complexity index is 618. The molecule has 0 radical (unpaired) electrons. The van der Waals surface area contributed by atoms with Crippen LogP contribution in [0.5, 0.6) is 0 Å². The first-order chi connectivity index (χ1) is 13.0. The summed E-state index contributed by atoms with van der Waals surface area (Å²) in [6.45, 7) is 3.91. The molecule has 4 rings (SSSR count). The fraction of sp³-hybridized carbons (Fsp3) is 0.773. The lowest BCUT2D eigenvalue weighted by Gasteiger charge is -2.49. The first-order valence-corrected chi connectivity index (χ1v) is 11.7. The van der Waals surface area contributed by atoms with Gasteiger partial charge in [-0.1, -0.05) is 31.7 Å². The molecule has 2 saturated carbocycles. The molecule has 0 bridgehead atoms. The average Bonchev–Trinajstić information content (AvgIpc) is 3.41. The number of amides is 1. The Hall–Kier alpha value is -0.910. The zero-order chi connectivity index (χ0) is 18.9. The standard InChI is InChI=1S/C22H34N2O2S/c1-22(26)12-13-24(15-16-7-2-3-8-16)19(18-11-6-14-27-18)20(22)23-21(25)17-9-4-5-10-17/h6,11,14,16-17,19-20,26H,2-5,7-10,12-13,15H2,1H3,(H,23,25)/t19-,20-,22+/m0/s1. The maximum atomic E-state index is 12.9. The minimum Gasteiger partial charge on any atom is -0.388 e. The van der Waals surface area contributed by atoms with E-state index in [1.165, 1.54) is 30.6 Å². The monoisotopic (exact) mass is 390 g/mol. The molecule has 3 fully saturated rings. The lowest BCUT2D eigenvalue weighted by atomic mass is 9.81. The molecule has 4 nitrogen and oxygen atoms in total. The summed E-state index contributed by atoms with van der Waals surface area (Å²) >= 11 is 1.75. The molecular weight excluding hydrogens is 356 g/mol. The summed E-state index contributed by atoms with van der Waals surface area (Å²) in [6.07, 6.45) is 10.4. The van der Waals surface area contributed by atoms with Crippen molar-refractivity contribution < 1.29 is 9.90 Å². The van der Waals surface area contributed by atoms with E-state index in [0.29, 0.717) is 0 Å². The van der Waals surface area contributed by atoms with Gasteiger partial charge in [0.25, 0.3) is 0 Å². The third-order valence-electron chi connectivity index (χ3n) is 7.11. The Kier molecular flexibility index (Phi) is 5.91. The first-order valence-electron chi connectivity index (χ1n) is 10.8. The SMILES string of the molecule is C[C@@]1(O)CCN(CC2CCCC2)[C@@H](c2cccs2)[C@@H]1NC(=O)C1CCCC1. The number of likely N-dealkylation sites (tertiary alicyclic amines) is 1. The normalized spacial score (nSPS) is 33.6. The van der Waals surface area contributed by atoms with Crippen LogP contribution in [-0.4, -0.2) is 40.6 Å². The molecule has 2 heterocycles. The van der Waals surface area contributed by atoms with Crippen molar-refractivity contribution in [2.45, 2.75) is 82.4 Å². The number of rotatable bonds is 5. The quantitative estimate of drug-likeness (QED) is 0.795. The molecule has 2 N–H and O–H groups in total. The number of aliphatic hydroxyl groups is 1. The van der Waals surface area contributed by atoms with E-state index in [2.05, 4.69) is 27.7 Å². The van der Waals surface area contributed by atoms with Crippen molar-refractivity contribution >= 4 is 17.2 Å². The largest absolute Gasteiger partial charge is 0.388 e. The molecule has 5 heteroatoms. The van der Waals surface area contributed by atoms with E-state index in [1.807, 2.05) is 6.92 Å². The number of thiophene rings is 1. The van der Waals surface area contributed by atoms with E-state index in [0.717, 1.165) is 51.1 Å². The molecule has 1 aromatic rings. The molecule has 27 heavy (non-hydrogen) atoms. The van der Waals surface area contributed by atoms with Crippen LogP contribution in [-0.2, 0) is 4.79 Å². The zero-order valence-electron chi connectivity index (χ0n) is 16.5. The topological polar surface area (TPSA) is 52.6 Å². The number of piperidine rings is 1. The summed E-state index contributed by atoms with van der Waals surface area (Å²) < 4.78 is 0. The maximum Gasteiger partial charge on any atom is 0.223 e. The van der Waals surface area contributed by atoms with Crippen molar-refractivity contribution in [2.24, 2.45) is 11.8 Å². The fourth-order valence-corrected chi connectivity index (χ4v) is 6.34. The van der Waals surface area contributed by atoms with Crippen molar-refractivity contribution in [3.05, 3.63) is 22.4 Å². The number of hydrogen-bond donors (Lipinski definition) is 2. The second-order valence-corrected chi connectivity index (χ2v) is 10.2. The van der Waals surface area contributed by atoms with Gasteiger partial charge in [-0.2, -0.15) is 0 Å². The smallest absolute Gasteiger partial charge is 0.223 e.